The van der Waals surface area contributed by atoms with Gasteiger partial charge in [0.2, 0.25) is 5.95 Å². The third-order valence-electron chi connectivity index (χ3n) is 4.08. The number of aromatic nitrogens is 4. The topological polar surface area (TPSA) is 79.7 Å². The Labute approximate surface area is 134 Å². The predicted molar refractivity (Wildman–Crippen MR) is 87.0 cm³/mol. The number of hydrogen-bond donors (Lipinski definition) is 0. The zero-order valence-corrected chi connectivity index (χ0v) is 13.3. The van der Waals surface area contributed by atoms with Crippen molar-refractivity contribution in [2.24, 2.45) is 7.05 Å². The fraction of sp³-hybridized carbons (Fsp3) is 0.500. The van der Waals surface area contributed by atoms with Crippen LogP contribution in [-0.2, 0) is 13.6 Å². The number of piperidine rings is 1. The molecule has 23 heavy (non-hydrogen) atoms. The maximum Gasteiger partial charge on any atom is 0.292 e. The predicted octanol–water partition coefficient (Wildman–Crippen LogP) is 1.02. The van der Waals surface area contributed by atoms with Gasteiger partial charge in [-0.05, 0) is 26.2 Å². The van der Waals surface area contributed by atoms with Crippen molar-refractivity contribution in [3.05, 3.63) is 16.0 Å². The molecular weight excluding hydrogens is 292 g/mol. The molecule has 0 amide bonds. The molecule has 0 bridgehead atoms. The highest BCUT2D eigenvalue weighted by atomic mass is 16.1. The van der Waals surface area contributed by atoms with E-state index in [1.807, 2.05) is 10.6 Å². The smallest absolute Gasteiger partial charge is 0.292 e. The molecule has 118 valence electrons. The summed E-state index contributed by atoms with van der Waals surface area (Å²) in [6.07, 6.45) is 3.41. The average Bonchev–Trinajstić information content (AvgIpc) is 2.96. The second-order valence-corrected chi connectivity index (χ2v) is 5.56. The van der Waals surface area contributed by atoms with Crippen LogP contribution in [0.1, 0.15) is 31.9 Å². The van der Waals surface area contributed by atoms with Crippen LogP contribution in [-0.4, -0.2) is 32.4 Å². The molecule has 3 heterocycles. The van der Waals surface area contributed by atoms with E-state index in [1.165, 1.54) is 11.1 Å². The molecule has 0 atom stereocenters. The fourth-order valence-electron chi connectivity index (χ4n) is 2.94. The molecule has 2 aromatic heterocycles. The SMILES string of the molecule is CC#CCn1c(N2CCCCC2)nc2c(C#N)nn(C)c(=O)c21. The van der Waals surface area contributed by atoms with E-state index in [4.69, 9.17) is 0 Å². The lowest BCUT2D eigenvalue weighted by atomic mass is 10.1. The summed E-state index contributed by atoms with van der Waals surface area (Å²) in [5.74, 6) is 6.57. The van der Waals surface area contributed by atoms with Crippen LogP contribution in [0.3, 0.4) is 0 Å². The first-order chi connectivity index (χ1) is 11.2. The van der Waals surface area contributed by atoms with Crippen molar-refractivity contribution in [3.63, 3.8) is 0 Å². The molecule has 0 aromatic carbocycles. The molecule has 1 saturated heterocycles. The number of fused-ring (bicyclic) bond motifs is 1. The van der Waals surface area contributed by atoms with Gasteiger partial charge in [0.25, 0.3) is 5.56 Å². The van der Waals surface area contributed by atoms with Crippen molar-refractivity contribution in [1.29, 1.82) is 5.26 Å². The molecule has 1 aliphatic heterocycles. The number of nitrogens with zero attached hydrogens (tertiary/aromatic N) is 6. The Morgan fingerprint density at radius 3 is 2.65 bits per heavy atom. The fourth-order valence-corrected chi connectivity index (χ4v) is 2.94. The van der Waals surface area contributed by atoms with Crippen LogP contribution in [0.15, 0.2) is 4.79 Å². The Kier molecular flexibility index (Phi) is 4.03. The Morgan fingerprint density at radius 1 is 1.26 bits per heavy atom. The highest BCUT2D eigenvalue weighted by Crippen LogP contribution is 2.24. The molecule has 7 heteroatoms. The van der Waals surface area contributed by atoms with Crippen LogP contribution in [0.2, 0.25) is 0 Å². The Balaban J connectivity index is 2.30. The quantitative estimate of drug-likeness (QED) is 0.774. The van der Waals surface area contributed by atoms with Gasteiger partial charge in [-0.2, -0.15) is 10.4 Å². The maximum atomic E-state index is 12.5. The summed E-state index contributed by atoms with van der Waals surface area (Å²) < 4.78 is 3.01. The third kappa shape index (κ3) is 2.55. The van der Waals surface area contributed by atoms with Crippen molar-refractivity contribution in [2.45, 2.75) is 32.7 Å². The monoisotopic (exact) mass is 310 g/mol. The van der Waals surface area contributed by atoms with Crippen LogP contribution < -0.4 is 10.5 Å². The molecule has 3 rings (SSSR count). The second-order valence-electron chi connectivity index (χ2n) is 5.56. The first-order valence-electron chi connectivity index (χ1n) is 7.69. The zero-order chi connectivity index (χ0) is 16.4. The van der Waals surface area contributed by atoms with Gasteiger partial charge in [-0.1, -0.05) is 5.92 Å². The molecule has 7 nitrogen and oxygen atoms in total. The zero-order valence-electron chi connectivity index (χ0n) is 13.3. The van der Waals surface area contributed by atoms with Crippen molar-refractivity contribution < 1.29 is 0 Å². The van der Waals surface area contributed by atoms with E-state index in [2.05, 4.69) is 26.8 Å². The summed E-state index contributed by atoms with van der Waals surface area (Å²) in [5, 5.41) is 13.3. The normalized spacial score (nSPS) is 14.4. The molecule has 1 fully saturated rings. The highest BCUT2D eigenvalue weighted by Gasteiger charge is 2.23. The lowest BCUT2D eigenvalue weighted by Gasteiger charge is -2.27. The Hall–Kier alpha value is -2.80. The van der Waals surface area contributed by atoms with Gasteiger partial charge >= 0.3 is 0 Å². The highest BCUT2D eigenvalue weighted by molar-refractivity contribution is 5.82. The Bertz CT molecular complexity index is 899. The second kappa shape index (κ2) is 6.13. The summed E-state index contributed by atoms with van der Waals surface area (Å²) in [4.78, 5) is 19.3. The molecule has 0 saturated carbocycles. The van der Waals surface area contributed by atoms with E-state index in [9.17, 15) is 10.1 Å². The number of nitriles is 1. The molecule has 0 radical (unpaired) electrons. The van der Waals surface area contributed by atoms with Crippen molar-refractivity contribution in [1.82, 2.24) is 19.3 Å². The van der Waals surface area contributed by atoms with E-state index in [0.717, 1.165) is 25.9 Å². The van der Waals surface area contributed by atoms with Gasteiger partial charge in [-0.25, -0.2) is 9.67 Å². The van der Waals surface area contributed by atoms with Gasteiger partial charge in [-0.3, -0.25) is 9.36 Å². The molecule has 0 spiro atoms. The largest absolute Gasteiger partial charge is 0.342 e. The molecule has 0 unspecified atom stereocenters. The number of hydrogen-bond acceptors (Lipinski definition) is 5. The molecule has 1 aliphatic rings. The minimum absolute atomic E-state index is 0.170. The maximum absolute atomic E-state index is 12.5. The summed E-state index contributed by atoms with van der Waals surface area (Å²) in [7, 11) is 1.55. The van der Waals surface area contributed by atoms with Gasteiger partial charge in [0.15, 0.2) is 5.69 Å². The van der Waals surface area contributed by atoms with Gasteiger partial charge < -0.3 is 4.90 Å². The van der Waals surface area contributed by atoms with E-state index in [-0.39, 0.29) is 11.3 Å². The van der Waals surface area contributed by atoms with Crippen LogP contribution in [0, 0.1) is 23.2 Å². The molecule has 2 aromatic rings. The molecule has 0 aliphatic carbocycles. The molecular formula is C16H18N6O. The summed E-state index contributed by atoms with van der Waals surface area (Å²) in [6, 6.07) is 2.04. The first kappa shape index (κ1) is 15.1. The third-order valence-corrected chi connectivity index (χ3v) is 4.08. The van der Waals surface area contributed by atoms with Gasteiger partial charge in [0.1, 0.15) is 17.1 Å². The van der Waals surface area contributed by atoms with Crippen LogP contribution in [0.25, 0.3) is 11.0 Å². The summed E-state index contributed by atoms with van der Waals surface area (Å²) >= 11 is 0. The lowest BCUT2D eigenvalue weighted by Crippen LogP contribution is -2.32. The van der Waals surface area contributed by atoms with Gasteiger partial charge in [0, 0.05) is 20.1 Å². The number of rotatable bonds is 2. The van der Waals surface area contributed by atoms with E-state index >= 15 is 0 Å². The van der Waals surface area contributed by atoms with E-state index in [1.54, 1.807) is 14.0 Å². The molecule has 0 N–H and O–H groups in total. The van der Waals surface area contributed by atoms with Gasteiger partial charge in [-0.15, -0.1) is 5.92 Å². The number of anilines is 1. The van der Waals surface area contributed by atoms with Crippen LogP contribution in [0.4, 0.5) is 5.95 Å². The standard InChI is InChI=1S/C16H18N6O/c1-3-4-10-22-14-13(12(11-17)19-20(2)15(14)23)18-16(22)21-8-6-5-7-9-21/h5-10H2,1-2H3. The average molecular weight is 310 g/mol. The number of aryl methyl sites for hydroxylation is 1. The minimum atomic E-state index is -0.257. The van der Waals surface area contributed by atoms with Crippen LogP contribution in [0.5, 0.6) is 0 Å². The van der Waals surface area contributed by atoms with E-state index in [0.29, 0.717) is 23.5 Å². The van der Waals surface area contributed by atoms with Crippen molar-refractivity contribution >= 4 is 17.0 Å². The van der Waals surface area contributed by atoms with Crippen molar-refractivity contribution in [2.75, 3.05) is 18.0 Å². The van der Waals surface area contributed by atoms with Crippen molar-refractivity contribution in [3.8, 4) is 17.9 Å². The van der Waals surface area contributed by atoms with E-state index < -0.39 is 0 Å². The summed E-state index contributed by atoms with van der Waals surface area (Å²) in [6.45, 7) is 3.94. The van der Waals surface area contributed by atoms with Gasteiger partial charge in [0.05, 0.1) is 6.54 Å². The van der Waals surface area contributed by atoms with Crippen LogP contribution >= 0.6 is 0 Å². The lowest BCUT2D eigenvalue weighted by molar-refractivity contribution is 0.561. The minimum Gasteiger partial charge on any atom is -0.342 e. The Morgan fingerprint density at radius 2 is 2.00 bits per heavy atom. The first-order valence-corrected chi connectivity index (χ1v) is 7.69. The number of imidazole rings is 1. The summed E-state index contributed by atoms with van der Waals surface area (Å²) in [5.41, 5.74) is 0.688.